The summed E-state index contributed by atoms with van der Waals surface area (Å²) in [7, 11) is 0. The number of nitrogens with zero attached hydrogens (tertiary/aromatic N) is 1. The molecule has 2 aliphatic rings. The van der Waals surface area contributed by atoms with Gasteiger partial charge in [-0.15, -0.1) is 11.8 Å². The topological polar surface area (TPSA) is 279 Å². The van der Waals surface area contributed by atoms with Gasteiger partial charge in [0.2, 0.25) is 17.7 Å². The number of aliphatic carboxylic acids is 1. The van der Waals surface area contributed by atoms with E-state index < -0.39 is 99.4 Å². The molecule has 5 N–H and O–H groups in total. The zero-order valence-electron chi connectivity index (χ0n) is 36.0. The third-order valence-electron chi connectivity index (χ3n) is 9.76. The fourth-order valence-corrected chi connectivity index (χ4v) is 9.61. The van der Waals surface area contributed by atoms with E-state index in [-0.39, 0.29) is 57.8 Å². The number of hydrogen-bond donors (Lipinski definition) is 5. The van der Waals surface area contributed by atoms with Crippen molar-refractivity contribution < 1.29 is 72.0 Å². The fraction of sp³-hybridized carbons (Fsp3) is 0.349. The van der Waals surface area contributed by atoms with Gasteiger partial charge >= 0.3 is 29.8 Å². The Labute approximate surface area is 397 Å². The molecular formula is C43H43Br2N5O15S. The zero-order valence-corrected chi connectivity index (χ0v) is 40.0. The minimum Gasteiger partial charge on any atom is -0.480 e. The lowest BCUT2D eigenvalue weighted by molar-refractivity contribution is -0.161. The van der Waals surface area contributed by atoms with Crippen molar-refractivity contribution in [3.05, 3.63) is 80.2 Å². The summed E-state index contributed by atoms with van der Waals surface area (Å²) in [6.07, 6.45) is -0.275. The van der Waals surface area contributed by atoms with Crippen LogP contribution in [0.25, 0.3) is 0 Å². The van der Waals surface area contributed by atoms with Crippen LogP contribution < -0.4 is 40.2 Å². The number of carbonyl (C=O) groups is 10. The van der Waals surface area contributed by atoms with Crippen molar-refractivity contribution in [2.24, 2.45) is 0 Å². The van der Waals surface area contributed by atoms with Crippen LogP contribution in [0.2, 0.25) is 0 Å². The highest BCUT2D eigenvalue weighted by Crippen LogP contribution is 2.51. The molecule has 3 aromatic rings. The number of halogens is 2. The highest BCUT2D eigenvalue weighted by molar-refractivity contribution is 9.10. The molecule has 23 heteroatoms. The van der Waals surface area contributed by atoms with Gasteiger partial charge < -0.3 is 50.2 Å². The molecule has 0 saturated carbocycles. The highest BCUT2D eigenvalue weighted by atomic mass is 79.9. The molecule has 3 aromatic carbocycles. The minimum absolute atomic E-state index is 0.0418. The van der Waals surface area contributed by atoms with Gasteiger partial charge in [0, 0.05) is 47.9 Å². The van der Waals surface area contributed by atoms with Gasteiger partial charge in [0.15, 0.2) is 23.0 Å². The molecule has 20 nitrogen and oxygen atoms in total. The van der Waals surface area contributed by atoms with Crippen LogP contribution in [0.15, 0.2) is 63.5 Å². The number of β-lactam (4-membered cyclic amide) rings is 1. The Kier molecular flexibility index (Phi) is 16.4. The maximum atomic E-state index is 14.4. The van der Waals surface area contributed by atoms with Crippen LogP contribution in [0, 0.1) is 0 Å². The van der Waals surface area contributed by atoms with E-state index >= 15 is 0 Å². The second-order valence-electron chi connectivity index (χ2n) is 15.3. The first-order valence-electron chi connectivity index (χ1n) is 19.9. The molecule has 0 spiro atoms. The number of esters is 4. The summed E-state index contributed by atoms with van der Waals surface area (Å²) in [5.74, 6) is -9.95. The van der Waals surface area contributed by atoms with E-state index in [1.54, 1.807) is 44.2 Å². The Bertz CT molecular complexity index is 2510. The third kappa shape index (κ3) is 12.1. The summed E-state index contributed by atoms with van der Waals surface area (Å²) in [4.78, 5) is 131. The lowest BCUT2D eigenvalue weighted by Gasteiger charge is -2.44. The fourth-order valence-electron chi connectivity index (χ4n) is 7.11. The standard InChI is InChI=1S/C43H43Br2N5O15S/c1-19(51)62-29-17-24(44)15-26(33(29)64-21(3)53)36(55)46-14-10-13-28(47-37(56)27-16-25(45)18-30(63-20(2)52)34(27)65-22(4)54)38(57)48-31(23-11-8-7-9-12-23)39(58)49-32-40(59)50-35(42(60)61)43(5,6)66-41(32)50/h7-9,11-12,15-18,28,31-32,35,41H,10,13-14H2,1-6H3,(H,46,55)(H,47,56)(H,48,57)(H,49,58)(H,60,61)/t28-,31+,32+,35-,41+/m0/s1. The number of ether oxygens (including phenoxy) is 4. The van der Waals surface area contributed by atoms with Crippen molar-refractivity contribution in [2.75, 3.05) is 6.54 Å². The Morgan fingerprint density at radius 2 is 1.26 bits per heavy atom. The molecule has 5 amide bonds. The first kappa shape index (κ1) is 50.7. The number of hydrogen-bond acceptors (Lipinski definition) is 15. The third-order valence-corrected chi connectivity index (χ3v) is 12.2. The van der Waals surface area contributed by atoms with Gasteiger partial charge in [-0.25, -0.2) is 4.79 Å². The molecule has 2 fully saturated rings. The predicted octanol–water partition coefficient (Wildman–Crippen LogP) is 3.71. The van der Waals surface area contributed by atoms with Gasteiger partial charge in [0.1, 0.15) is 29.5 Å². The number of nitrogens with one attached hydrogen (secondary N) is 4. The largest absolute Gasteiger partial charge is 0.480 e. The molecule has 2 saturated heterocycles. The molecule has 5 atom stereocenters. The van der Waals surface area contributed by atoms with E-state index in [1.807, 2.05) is 0 Å². The number of carbonyl (C=O) groups excluding carboxylic acids is 9. The Morgan fingerprint density at radius 3 is 1.76 bits per heavy atom. The van der Waals surface area contributed by atoms with Crippen LogP contribution >= 0.6 is 43.6 Å². The first-order valence-corrected chi connectivity index (χ1v) is 22.3. The monoisotopic (exact) mass is 1060 g/mol. The van der Waals surface area contributed by atoms with Gasteiger partial charge in [-0.3, -0.25) is 43.2 Å². The number of carboxylic acid groups (broad SMARTS) is 1. The van der Waals surface area contributed by atoms with Gasteiger partial charge in [-0.2, -0.15) is 0 Å². The van der Waals surface area contributed by atoms with Crippen LogP contribution in [0.4, 0.5) is 0 Å². The van der Waals surface area contributed by atoms with E-state index in [9.17, 15) is 53.1 Å². The number of rotatable bonds is 17. The molecule has 0 unspecified atom stereocenters. The first-order chi connectivity index (χ1) is 31.0. The van der Waals surface area contributed by atoms with E-state index in [4.69, 9.17) is 18.9 Å². The summed E-state index contributed by atoms with van der Waals surface area (Å²) >= 11 is 7.69. The molecule has 0 aliphatic carbocycles. The molecule has 350 valence electrons. The molecule has 2 heterocycles. The quantitative estimate of drug-likeness (QED) is 0.0558. The molecule has 5 rings (SSSR count). The van der Waals surface area contributed by atoms with Crippen molar-refractivity contribution in [2.45, 2.75) is 88.7 Å². The Balaban J connectivity index is 1.44. The number of benzene rings is 3. The molecule has 0 radical (unpaired) electrons. The van der Waals surface area contributed by atoms with Crippen molar-refractivity contribution in [1.82, 2.24) is 26.2 Å². The van der Waals surface area contributed by atoms with E-state index in [0.717, 1.165) is 27.7 Å². The van der Waals surface area contributed by atoms with Crippen LogP contribution in [-0.4, -0.2) is 104 Å². The summed E-state index contributed by atoms with van der Waals surface area (Å²) in [6, 6.07) is 7.84. The molecule has 0 bridgehead atoms. The van der Waals surface area contributed by atoms with Crippen LogP contribution in [0.5, 0.6) is 23.0 Å². The lowest BCUT2D eigenvalue weighted by Crippen LogP contribution is -2.71. The Morgan fingerprint density at radius 1 is 0.742 bits per heavy atom. The van der Waals surface area contributed by atoms with Crippen molar-refractivity contribution in [3.8, 4) is 23.0 Å². The molecule has 2 aliphatic heterocycles. The highest BCUT2D eigenvalue weighted by Gasteiger charge is 2.64. The van der Waals surface area contributed by atoms with Crippen molar-refractivity contribution in [1.29, 1.82) is 0 Å². The van der Waals surface area contributed by atoms with Crippen LogP contribution in [0.3, 0.4) is 0 Å². The maximum absolute atomic E-state index is 14.4. The van der Waals surface area contributed by atoms with E-state index in [2.05, 4.69) is 53.1 Å². The van der Waals surface area contributed by atoms with Gasteiger partial charge in [-0.05, 0) is 56.5 Å². The smallest absolute Gasteiger partial charge is 0.327 e. The molecule has 0 aromatic heterocycles. The Hall–Kier alpha value is -6.33. The lowest BCUT2D eigenvalue weighted by atomic mass is 9.95. The summed E-state index contributed by atoms with van der Waals surface area (Å²) in [5, 5.41) is 19.7. The summed E-state index contributed by atoms with van der Waals surface area (Å²) < 4.78 is 20.5. The molecule has 66 heavy (non-hydrogen) atoms. The summed E-state index contributed by atoms with van der Waals surface area (Å²) in [5.41, 5.74) is -0.272. The second kappa shape index (κ2) is 21.3. The average Bonchev–Trinajstić information content (AvgIpc) is 3.48. The predicted molar refractivity (Wildman–Crippen MR) is 239 cm³/mol. The number of thioether (sulfide) groups is 1. The van der Waals surface area contributed by atoms with Crippen molar-refractivity contribution >= 4 is 103 Å². The van der Waals surface area contributed by atoms with Gasteiger partial charge in [-0.1, -0.05) is 62.2 Å². The SMILES string of the molecule is CC(=O)Oc1cc(Br)cc(C(=O)NCCC[C@H](NC(=O)c2cc(Br)cc(OC(C)=O)c2OC(C)=O)C(=O)N[C@@H](C(=O)N[C@@H]2C(=O)N3[C@@H]2SC(C)(C)[C@@H]3C(=O)O)c2ccccc2)c1OC(C)=O. The zero-order chi connectivity index (χ0) is 48.8. The van der Waals surface area contributed by atoms with Gasteiger partial charge in [0.05, 0.1) is 11.1 Å². The minimum atomic E-state index is -1.52. The number of fused-ring (bicyclic) bond motifs is 1. The van der Waals surface area contributed by atoms with Crippen LogP contribution in [0.1, 0.15) is 86.7 Å². The van der Waals surface area contributed by atoms with E-state index in [1.165, 1.54) is 40.9 Å². The average molecular weight is 1060 g/mol. The van der Waals surface area contributed by atoms with Gasteiger partial charge in [0.25, 0.3) is 11.8 Å². The number of amides is 5. The van der Waals surface area contributed by atoms with E-state index in [0.29, 0.717) is 4.47 Å². The summed E-state index contributed by atoms with van der Waals surface area (Å²) in [6.45, 7) is 7.51. The molecular weight excluding hydrogens is 1020 g/mol. The maximum Gasteiger partial charge on any atom is 0.327 e. The van der Waals surface area contributed by atoms with Crippen LogP contribution in [-0.2, 0) is 38.4 Å². The normalized spacial score (nSPS) is 17.7. The number of carboxylic acids is 1. The van der Waals surface area contributed by atoms with Crippen molar-refractivity contribution in [3.63, 3.8) is 0 Å². The second-order valence-corrected chi connectivity index (χ2v) is 18.9.